The van der Waals surface area contributed by atoms with Gasteiger partial charge in [0.05, 0.1) is 21.9 Å². The number of anilines is 2. The summed E-state index contributed by atoms with van der Waals surface area (Å²) >= 11 is 14.1. The first-order valence-corrected chi connectivity index (χ1v) is 14.5. The van der Waals surface area contributed by atoms with Gasteiger partial charge in [-0.25, -0.2) is 0 Å². The lowest BCUT2D eigenvalue weighted by Gasteiger charge is -2.39. The summed E-state index contributed by atoms with van der Waals surface area (Å²) in [5.41, 5.74) is 2.94. The van der Waals surface area contributed by atoms with Crippen LogP contribution in [0, 0.1) is 5.92 Å². The van der Waals surface area contributed by atoms with Crippen LogP contribution in [-0.2, 0) is 10.2 Å². The highest BCUT2D eigenvalue weighted by Crippen LogP contribution is 2.59. The van der Waals surface area contributed by atoms with Gasteiger partial charge in [-0.05, 0) is 59.8 Å². The summed E-state index contributed by atoms with van der Waals surface area (Å²) in [4.78, 5) is 46.2. The van der Waals surface area contributed by atoms with Crippen LogP contribution in [0.5, 0.6) is 0 Å². The molecule has 4 atom stereocenters. The molecule has 0 radical (unpaired) electrons. The third-order valence-electron chi connectivity index (χ3n) is 8.40. The van der Waals surface area contributed by atoms with Crippen LogP contribution < -0.4 is 10.2 Å². The molecule has 1 saturated heterocycles. The number of rotatable bonds is 4. The number of hydrogen-bond donors (Lipinski definition) is 1. The molecular formula is C32H22Cl2N2O3S. The van der Waals surface area contributed by atoms with Gasteiger partial charge in [-0.3, -0.25) is 14.4 Å². The number of ketones is 2. The van der Waals surface area contributed by atoms with Crippen LogP contribution in [0.25, 0.3) is 5.57 Å². The standard InChI is InChI=1S/C32H22Cl2N2O3S/c1-17-15-26-32(21-8-3-4-9-23(21)35-31(32)39)27(29(37)20-13-12-18(33)16-22(20)34)28(30(38)25-11-6-14-40-25)36(26)24-10-5-2-7-19(17)24/h2-16,26-28H,1H3,(H,35,39)/t26-,27+,28-,32-/m0/s1. The van der Waals surface area contributed by atoms with Gasteiger partial charge in [0.1, 0.15) is 11.5 Å². The highest BCUT2D eigenvalue weighted by atomic mass is 35.5. The first-order valence-electron chi connectivity index (χ1n) is 12.9. The molecule has 1 amide bonds. The summed E-state index contributed by atoms with van der Waals surface area (Å²) in [6.07, 6.45) is 2.04. The fourth-order valence-electron chi connectivity index (χ4n) is 6.81. The van der Waals surface area contributed by atoms with Crippen molar-refractivity contribution in [3.05, 3.63) is 122 Å². The molecule has 1 N–H and O–H groups in total. The number of carbonyl (C=O) groups is 3. The minimum Gasteiger partial charge on any atom is -0.352 e. The minimum atomic E-state index is -1.39. The van der Waals surface area contributed by atoms with Gasteiger partial charge in [-0.1, -0.05) is 71.7 Å². The molecule has 1 aromatic heterocycles. The lowest BCUT2D eigenvalue weighted by molar-refractivity contribution is -0.121. The Labute approximate surface area is 245 Å². The van der Waals surface area contributed by atoms with E-state index in [0.29, 0.717) is 21.2 Å². The van der Waals surface area contributed by atoms with E-state index in [-0.39, 0.29) is 28.1 Å². The number of amides is 1. The van der Waals surface area contributed by atoms with E-state index in [2.05, 4.69) is 5.32 Å². The molecule has 0 bridgehead atoms. The largest absolute Gasteiger partial charge is 0.352 e. The summed E-state index contributed by atoms with van der Waals surface area (Å²) in [6.45, 7) is 2.00. The number of benzene rings is 3. The fraction of sp³-hybridized carbons (Fsp3) is 0.156. The lowest BCUT2D eigenvalue weighted by atomic mass is 9.64. The number of allylic oxidation sites excluding steroid dienone is 1. The molecule has 3 aliphatic heterocycles. The van der Waals surface area contributed by atoms with Gasteiger partial charge in [0.25, 0.3) is 0 Å². The number of thiophene rings is 1. The van der Waals surface area contributed by atoms with E-state index >= 15 is 0 Å². The Balaban J connectivity index is 1.57. The zero-order valence-corrected chi connectivity index (χ0v) is 23.6. The zero-order valence-electron chi connectivity index (χ0n) is 21.2. The minimum absolute atomic E-state index is 0.179. The quantitative estimate of drug-likeness (QED) is 0.255. The molecule has 8 heteroatoms. The molecule has 1 spiro atoms. The number of halogens is 2. The SMILES string of the molecule is CC1=C[C@@H]2N(c3ccccc31)[C@H](C(=O)c1cccs1)[C@H](C(=O)c1ccc(Cl)cc1Cl)[C@@]21C(=O)Nc2ccccc21. The number of para-hydroxylation sites is 2. The van der Waals surface area contributed by atoms with Crippen molar-refractivity contribution in [2.24, 2.45) is 5.92 Å². The van der Waals surface area contributed by atoms with Crippen molar-refractivity contribution in [3.63, 3.8) is 0 Å². The number of carbonyl (C=O) groups excluding carboxylic acids is 3. The van der Waals surface area contributed by atoms with Crippen molar-refractivity contribution < 1.29 is 14.4 Å². The average molecular weight is 586 g/mol. The zero-order chi connectivity index (χ0) is 27.8. The van der Waals surface area contributed by atoms with Crippen molar-refractivity contribution in [2.75, 3.05) is 10.2 Å². The predicted molar refractivity (Wildman–Crippen MR) is 160 cm³/mol. The van der Waals surface area contributed by atoms with Gasteiger partial charge in [-0.2, -0.15) is 0 Å². The number of fused-ring (bicyclic) bond motifs is 6. The van der Waals surface area contributed by atoms with Crippen LogP contribution in [-0.4, -0.2) is 29.6 Å². The Morgan fingerprint density at radius 1 is 0.950 bits per heavy atom. The van der Waals surface area contributed by atoms with Gasteiger partial charge in [-0.15, -0.1) is 11.3 Å². The number of Topliss-reactive ketones (excluding diaryl/α,β-unsaturated/α-hetero) is 2. The van der Waals surface area contributed by atoms with Crippen LogP contribution in [0.3, 0.4) is 0 Å². The molecule has 40 heavy (non-hydrogen) atoms. The van der Waals surface area contributed by atoms with Crippen LogP contribution in [0.2, 0.25) is 10.0 Å². The smallest absolute Gasteiger partial charge is 0.238 e. The van der Waals surface area contributed by atoms with E-state index in [1.54, 1.807) is 18.2 Å². The molecule has 198 valence electrons. The molecule has 1 fully saturated rings. The number of nitrogens with one attached hydrogen (secondary N) is 1. The predicted octanol–water partition coefficient (Wildman–Crippen LogP) is 7.30. The van der Waals surface area contributed by atoms with Crippen molar-refractivity contribution in [1.29, 1.82) is 0 Å². The Morgan fingerprint density at radius 2 is 1.73 bits per heavy atom. The summed E-state index contributed by atoms with van der Waals surface area (Å²) in [5.74, 6) is -1.97. The average Bonchev–Trinajstić information content (AvgIpc) is 3.65. The summed E-state index contributed by atoms with van der Waals surface area (Å²) in [6, 6.07) is 22.0. The third kappa shape index (κ3) is 3.36. The maximum Gasteiger partial charge on any atom is 0.238 e. The maximum atomic E-state index is 14.8. The normalized spacial score (nSPS) is 24.3. The van der Waals surface area contributed by atoms with Gasteiger partial charge in [0.2, 0.25) is 5.91 Å². The topological polar surface area (TPSA) is 66.5 Å². The number of hydrogen-bond acceptors (Lipinski definition) is 5. The molecule has 0 saturated carbocycles. The van der Waals surface area contributed by atoms with Crippen molar-refractivity contribution in [3.8, 4) is 0 Å². The van der Waals surface area contributed by atoms with Crippen molar-refractivity contribution >= 4 is 69.0 Å². The second-order valence-electron chi connectivity index (χ2n) is 10.3. The summed E-state index contributed by atoms with van der Waals surface area (Å²) in [7, 11) is 0. The summed E-state index contributed by atoms with van der Waals surface area (Å²) < 4.78 is 0. The maximum absolute atomic E-state index is 14.8. The Bertz CT molecular complexity index is 1770. The highest BCUT2D eigenvalue weighted by molar-refractivity contribution is 7.12. The Hall–Kier alpha value is -3.71. The van der Waals surface area contributed by atoms with Crippen LogP contribution in [0.1, 0.15) is 38.1 Å². The lowest BCUT2D eigenvalue weighted by Crippen LogP contribution is -2.51. The van der Waals surface area contributed by atoms with E-state index < -0.39 is 23.4 Å². The van der Waals surface area contributed by atoms with Gasteiger partial charge < -0.3 is 10.2 Å². The number of nitrogens with zero attached hydrogens (tertiary/aromatic N) is 1. The second-order valence-corrected chi connectivity index (χ2v) is 12.1. The van der Waals surface area contributed by atoms with Gasteiger partial charge in [0.15, 0.2) is 11.6 Å². The van der Waals surface area contributed by atoms with Crippen LogP contribution in [0.15, 0.2) is 90.3 Å². The van der Waals surface area contributed by atoms with Crippen LogP contribution in [0.4, 0.5) is 11.4 Å². The molecular weight excluding hydrogens is 563 g/mol. The fourth-order valence-corrected chi connectivity index (χ4v) is 8.01. The van der Waals surface area contributed by atoms with E-state index in [1.807, 2.05) is 77.9 Å². The van der Waals surface area contributed by atoms with E-state index in [1.165, 1.54) is 17.4 Å². The molecule has 3 aliphatic rings. The molecule has 4 aromatic rings. The molecule has 0 aliphatic carbocycles. The van der Waals surface area contributed by atoms with Crippen molar-refractivity contribution in [2.45, 2.75) is 24.4 Å². The first-order chi connectivity index (χ1) is 19.3. The monoisotopic (exact) mass is 584 g/mol. The highest BCUT2D eigenvalue weighted by Gasteiger charge is 2.70. The Morgan fingerprint density at radius 3 is 2.50 bits per heavy atom. The second kappa shape index (κ2) is 9.16. The summed E-state index contributed by atoms with van der Waals surface area (Å²) in [5, 5.41) is 5.46. The van der Waals surface area contributed by atoms with Crippen LogP contribution >= 0.6 is 34.5 Å². The molecule has 3 aromatic carbocycles. The van der Waals surface area contributed by atoms with E-state index in [9.17, 15) is 14.4 Å². The molecule has 0 unspecified atom stereocenters. The van der Waals surface area contributed by atoms with Crippen molar-refractivity contribution in [1.82, 2.24) is 0 Å². The van der Waals surface area contributed by atoms with Gasteiger partial charge in [0, 0.05) is 27.5 Å². The Kier molecular flexibility index (Phi) is 5.79. The third-order valence-corrected chi connectivity index (χ3v) is 9.83. The van der Waals surface area contributed by atoms with E-state index in [4.69, 9.17) is 23.2 Å². The molecule has 4 heterocycles. The molecule has 5 nitrogen and oxygen atoms in total. The van der Waals surface area contributed by atoms with E-state index in [0.717, 1.165) is 16.8 Å². The van der Waals surface area contributed by atoms with Gasteiger partial charge >= 0.3 is 0 Å². The first kappa shape index (κ1) is 25.3. The molecule has 7 rings (SSSR count).